The second kappa shape index (κ2) is 6.64. The van der Waals surface area contributed by atoms with Gasteiger partial charge >= 0.3 is 5.97 Å². The maximum atomic E-state index is 12.6. The number of ether oxygens (including phenoxy) is 1. The molecule has 2 bridgehead atoms. The van der Waals surface area contributed by atoms with E-state index in [1.165, 1.54) is 0 Å². The highest BCUT2D eigenvalue weighted by molar-refractivity contribution is 6.30. The second-order valence-corrected chi connectivity index (χ2v) is 9.14. The van der Waals surface area contributed by atoms with Crippen molar-refractivity contribution in [1.29, 1.82) is 0 Å². The SMILES string of the molecule is CC1(C)C[C@@H]2C[C@@](C)(CN2C(=O)COC(=O)Cc2ccc(Cl)cc2)C1. The molecule has 0 radical (unpaired) electrons. The normalized spacial score (nSPS) is 27.2. The highest BCUT2D eigenvalue weighted by Gasteiger charge is 2.50. The molecule has 0 unspecified atom stereocenters. The minimum absolute atomic E-state index is 0.0733. The second-order valence-electron chi connectivity index (χ2n) is 8.70. The van der Waals surface area contributed by atoms with E-state index in [0.717, 1.165) is 31.4 Å². The summed E-state index contributed by atoms with van der Waals surface area (Å²) in [6.45, 7) is 7.42. The topological polar surface area (TPSA) is 46.6 Å². The number of esters is 1. The van der Waals surface area contributed by atoms with Gasteiger partial charge in [-0.1, -0.05) is 44.5 Å². The van der Waals surface area contributed by atoms with Gasteiger partial charge < -0.3 is 9.64 Å². The van der Waals surface area contributed by atoms with E-state index in [2.05, 4.69) is 20.8 Å². The summed E-state index contributed by atoms with van der Waals surface area (Å²) < 4.78 is 5.22. The van der Waals surface area contributed by atoms with E-state index in [4.69, 9.17) is 16.3 Å². The number of nitrogens with zero attached hydrogens (tertiary/aromatic N) is 1. The van der Waals surface area contributed by atoms with Crippen molar-refractivity contribution in [3.8, 4) is 0 Å². The zero-order chi connectivity index (χ0) is 18.2. The number of likely N-dealkylation sites (tertiary alicyclic amines) is 1. The van der Waals surface area contributed by atoms with Gasteiger partial charge in [-0.15, -0.1) is 0 Å². The third kappa shape index (κ3) is 4.35. The number of hydrogen-bond acceptors (Lipinski definition) is 3. The summed E-state index contributed by atoms with van der Waals surface area (Å²) in [5.41, 5.74) is 1.28. The molecule has 2 fully saturated rings. The molecule has 4 nitrogen and oxygen atoms in total. The predicted octanol–water partition coefficient (Wildman–Crippen LogP) is 3.85. The molecule has 1 amide bonds. The molecule has 136 valence electrons. The Morgan fingerprint density at radius 1 is 1.20 bits per heavy atom. The summed E-state index contributed by atoms with van der Waals surface area (Å²) in [5, 5.41) is 0.629. The fraction of sp³-hybridized carbons (Fsp3) is 0.600. The lowest BCUT2D eigenvalue weighted by Crippen LogP contribution is -2.39. The summed E-state index contributed by atoms with van der Waals surface area (Å²) in [6, 6.07) is 7.33. The van der Waals surface area contributed by atoms with Crippen LogP contribution in [0.5, 0.6) is 0 Å². The number of halogens is 1. The molecule has 1 saturated carbocycles. The summed E-state index contributed by atoms with van der Waals surface area (Å²) in [7, 11) is 0. The standard InChI is InChI=1S/C20H26ClNO3/c1-19(2)9-16-10-20(3,12-19)13-22(16)17(23)11-25-18(24)8-14-4-6-15(21)7-5-14/h4-7,16H,8-13H2,1-3H3/t16-,20-/m1/s1. The van der Waals surface area contributed by atoms with Crippen molar-refractivity contribution in [1.82, 2.24) is 4.90 Å². The van der Waals surface area contributed by atoms with Crippen molar-refractivity contribution in [3.05, 3.63) is 34.9 Å². The first-order valence-electron chi connectivity index (χ1n) is 8.85. The van der Waals surface area contributed by atoms with Crippen molar-refractivity contribution in [2.75, 3.05) is 13.2 Å². The summed E-state index contributed by atoms with van der Waals surface area (Å²) >= 11 is 5.83. The van der Waals surface area contributed by atoms with E-state index in [-0.39, 0.29) is 41.8 Å². The average molecular weight is 364 g/mol. The maximum Gasteiger partial charge on any atom is 0.310 e. The van der Waals surface area contributed by atoms with Gasteiger partial charge in [-0.3, -0.25) is 9.59 Å². The molecule has 25 heavy (non-hydrogen) atoms. The van der Waals surface area contributed by atoms with Crippen LogP contribution in [0, 0.1) is 10.8 Å². The molecule has 1 aliphatic carbocycles. The van der Waals surface area contributed by atoms with Crippen LogP contribution in [0.3, 0.4) is 0 Å². The van der Waals surface area contributed by atoms with Crippen LogP contribution >= 0.6 is 11.6 Å². The third-order valence-corrected chi connectivity index (χ3v) is 5.61. The Labute approximate surface area is 154 Å². The Morgan fingerprint density at radius 3 is 2.56 bits per heavy atom. The molecular formula is C20H26ClNO3. The van der Waals surface area contributed by atoms with E-state index in [9.17, 15) is 9.59 Å². The third-order valence-electron chi connectivity index (χ3n) is 5.35. The molecule has 3 rings (SSSR count). The minimum atomic E-state index is -0.385. The van der Waals surface area contributed by atoms with Gasteiger partial charge in [0.15, 0.2) is 6.61 Å². The van der Waals surface area contributed by atoms with Gasteiger partial charge in [0.1, 0.15) is 0 Å². The summed E-state index contributed by atoms with van der Waals surface area (Å²) in [6.07, 6.45) is 3.36. The zero-order valence-corrected chi connectivity index (χ0v) is 15.9. The molecule has 1 saturated heterocycles. The highest BCUT2D eigenvalue weighted by atomic mass is 35.5. The van der Waals surface area contributed by atoms with E-state index in [0.29, 0.717) is 5.02 Å². The molecule has 1 aliphatic heterocycles. The van der Waals surface area contributed by atoms with Crippen LogP contribution in [-0.4, -0.2) is 36.0 Å². The molecule has 1 aromatic carbocycles. The Morgan fingerprint density at radius 2 is 1.88 bits per heavy atom. The lowest BCUT2D eigenvalue weighted by Gasteiger charge is -2.39. The quantitative estimate of drug-likeness (QED) is 0.763. The fourth-order valence-corrected chi connectivity index (χ4v) is 4.92. The van der Waals surface area contributed by atoms with Crippen LogP contribution in [-0.2, 0) is 20.7 Å². The molecule has 2 aliphatic rings. The summed E-state index contributed by atoms with van der Waals surface area (Å²) in [4.78, 5) is 26.5. The first kappa shape index (κ1) is 18.2. The van der Waals surface area contributed by atoms with Crippen molar-refractivity contribution >= 4 is 23.5 Å². The molecule has 1 heterocycles. The van der Waals surface area contributed by atoms with Crippen molar-refractivity contribution < 1.29 is 14.3 Å². The van der Waals surface area contributed by atoms with Gasteiger partial charge in [0.2, 0.25) is 0 Å². The van der Waals surface area contributed by atoms with Gasteiger partial charge in [0.05, 0.1) is 6.42 Å². The van der Waals surface area contributed by atoms with Crippen LogP contribution in [0.15, 0.2) is 24.3 Å². The van der Waals surface area contributed by atoms with Gasteiger partial charge in [0.25, 0.3) is 5.91 Å². The molecule has 1 aromatic rings. The van der Waals surface area contributed by atoms with Crippen molar-refractivity contribution in [2.45, 2.75) is 52.5 Å². The molecule has 0 aromatic heterocycles. The number of benzene rings is 1. The number of carbonyl (C=O) groups excluding carboxylic acids is 2. The van der Waals surface area contributed by atoms with Crippen molar-refractivity contribution in [3.63, 3.8) is 0 Å². The smallest absolute Gasteiger partial charge is 0.310 e. The van der Waals surface area contributed by atoms with Gasteiger partial charge in [-0.2, -0.15) is 0 Å². The monoisotopic (exact) mass is 363 g/mol. The molecule has 2 atom stereocenters. The maximum absolute atomic E-state index is 12.6. The molecule has 5 heteroatoms. The number of fused-ring (bicyclic) bond motifs is 2. The van der Waals surface area contributed by atoms with Crippen LogP contribution < -0.4 is 0 Å². The van der Waals surface area contributed by atoms with Gasteiger partial charge in [0, 0.05) is 17.6 Å². The Kier molecular flexibility index (Phi) is 4.84. The van der Waals surface area contributed by atoms with E-state index in [1.54, 1.807) is 24.3 Å². The average Bonchev–Trinajstić information content (AvgIpc) is 2.76. The lowest BCUT2D eigenvalue weighted by atomic mass is 9.65. The molecule has 0 N–H and O–H groups in total. The fourth-order valence-electron chi connectivity index (χ4n) is 4.80. The number of carbonyl (C=O) groups is 2. The van der Waals surface area contributed by atoms with Crippen molar-refractivity contribution in [2.24, 2.45) is 10.8 Å². The zero-order valence-electron chi connectivity index (χ0n) is 15.2. The number of rotatable bonds is 4. The van der Waals surface area contributed by atoms with Gasteiger partial charge in [-0.05, 0) is 47.8 Å². The highest BCUT2D eigenvalue weighted by Crippen LogP contribution is 2.52. The van der Waals surface area contributed by atoms with E-state index in [1.807, 2.05) is 4.90 Å². The minimum Gasteiger partial charge on any atom is -0.455 e. The Hall–Kier alpha value is -1.55. The van der Waals surface area contributed by atoms with E-state index < -0.39 is 0 Å². The van der Waals surface area contributed by atoms with Crippen LogP contribution in [0.25, 0.3) is 0 Å². The predicted molar refractivity (Wildman–Crippen MR) is 97.4 cm³/mol. The Balaban J connectivity index is 1.53. The van der Waals surface area contributed by atoms with Crippen LogP contribution in [0.1, 0.15) is 45.6 Å². The molecular weight excluding hydrogens is 338 g/mol. The summed E-state index contributed by atoms with van der Waals surface area (Å²) in [5.74, 6) is -0.458. The Bertz CT molecular complexity index is 670. The first-order chi connectivity index (χ1) is 11.7. The van der Waals surface area contributed by atoms with Crippen LogP contribution in [0.4, 0.5) is 0 Å². The van der Waals surface area contributed by atoms with E-state index >= 15 is 0 Å². The first-order valence-corrected chi connectivity index (χ1v) is 9.23. The largest absolute Gasteiger partial charge is 0.455 e. The lowest BCUT2D eigenvalue weighted by molar-refractivity contribution is -0.152. The van der Waals surface area contributed by atoms with Gasteiger partial charge in [-0.25, -0.2) is 0 Å². The molecule has 0 spiro atoms. The number of amides is 1. The number of hydrogen-bond donors (Lipinski definition) is 0. The van der Waals surface area contributed by atoms with Crippen LogP contribution in [0.2, 0.25) is 5.02 Å².